The lowest BCUT2D eigenvalue weighted by Crippen LogP contribution is -2.08. The van der Waals surface area contributed by atoms with Crippen molar-refractivity contribution >= 4 is 0 Å². The molecule has 0 aromatic carbocycles. The summed E-state index contributed by atoms with van der Waals surface area (Å²) < 4.78 is 0. The Balaban J connectivity index is 1.55. The Morgan fingerprint density at radius 3 is 2.53 bits per heavy atom. The number of fused-ring (bicyclic) bond motifs is 5. The first-order valence-corrected chi connectivity index (χ1v) is 6.86. The monoisotopic (exact) mass is 229 g/mol. The maximum absolute atomic E-state index is 10.5. The van der Waals surface area contributed by atoms with Gasteiger partial charge in [0.1, 0.15) is 0 Å². The van der Waals surface area contributed by atoms with Crippen molar-refractivity contribution < 1.29 is 5.11 Å². The summed E-state index contributed by atoms with van der Waals surface area (Å²) in [5, 5.41) is 10.5. The van der Waals surface area contributed by atoms with Crippen molar-refractivity contribution in [2.24, 2.45) is 29.6 Å². The number of pyridine rings is 1. The minimum absolute atomic E-state index is 0.263. The van der Waals surface area contributed by atoms with Gasteiger partial charge in [-0.25, -0.2) is 0 Å². The lowest BCUT2D eigenvalue weighted by Gasteiger charge is -2.15. The van der Waals surface area contributed by atoms with Crippen LogP contribution in [-0.4, -0.2) is 10.1 Å². The molecular formula is C15H19NO. The zero-order valence-corrected chi connectivity index (χ0v) is 10.2. The Morgan fingerprint density at radius 1 is 1.24 bits per heavy atom. The van der Waals surface area contributed by atoms with Gasteiger partial charge in [0.2, 0.25) is 0 Å². The van der Waals surface area contributed by atoms with Crippen LogP contribution in [-0.2, 0) is 0 Å². The molecule has 3 aliphatic rings. The topological polar surface area (TPSA) is 33.1 Å². The van der Waals surface area contributed by atoms with Gasteiger partial charge in [-0.3, -0.25) is 4.98 Å². The van der Waals surface area contributed by atoms with Crippen LogP contribution in [0.1, 0.15) is 36.6 Å². The molecule has 17 heavy (non-hydrogen) atoms. The second-order valence-electron chi connectivity index (χ2n) is 6.24. The van der Waals surface area contributed by atoms with E-state index in [9.17, 15) is 5.11 Å². The van der Waals surface area contributed by atoms with E-state index >= 15 is 0 Å². The van der Waals surface area contributed by atoms with Gasteiger partial charge in [-0.05, 0) is 67.4 Å². The van der Waals surface area contributed by atoms with Crippen LogP contribution in [0.3, 0.4) is 0 Å². The van der Waals surface area contributed by atoms with E-state index in [-0.39, 0.29) is 6.10 Å². The fourth-order valence-electron chi connectivity index (χ4n) is 4.69. The predicted octanol–water partition coefficient (Wildman–Crippen LogP) is 2.72. The van der Waals surface area contributed by atoms with Crippen LogP contribution in [0.5, 0.6) is 0 Å². The lowest BCUT2D eigenvalue weighted by molar-refractivity contribution is 0.129. The maximum atomic E-state index is 10.5. The first-order chi connectivity index (χ1) is 8.25. The summed E-state index contributed by atoms with van der Waals surface area (Å²) in [6.45, 7) is 1.99. The van der Waals surface area contributed by atoms with E-state index in [0.29, 0.717) is 5.92 Å². The Morgan fingerprint density at radius 2 is 1.94 bits per heavy atom. The van der Waals surface area contributed by atoms with Crippen LogP contribution in [0.2, 0.25) is 0 Å². The molecule has 5 atom stereocenters. The molecule has 0 aliphatic heterocycles. The van der Waals surface area contributed by atoms with Crippen LogP contribution in [0.25, 0.3) is 0 Å². The molecule has 1 heterocycles. The second-order valence-corrected chi connectivity index (χ2v) is 6.24. The van der Waals surface area contributed by atoms with Crippen molar-refractivity contribution in [1.82, 2.24) is 4.98 Å². The second kappa shape index (κ2) is 3.32. The van der Waals surface area contributed by atoms with Crippen molar-refractivity contribution in [3.63, 3.8) is 0 Å². The molecule has 2 heteroatoms. The highest BCUT2D eigenvalue weighted by Gasteiger charge is 2.66. The first-order valence-electron chi connectivity index (χ1n) is 6.86. The zero-order valence-electron chi connectivity index (χ0n) is 10.2. The van der Waals surface area contributed by atoms with Crippen LogP contribution in [0.15, 0.2) is 18.3 Å². The van der Waals surface area contributed by atoms with Crippen molar-refractivity contribution in [2.75, 3.05) is 0 Å². The number of hydrogen-bond donors (Lipinski definition) is 1. The number of nitrogens with zero attached hydrogens (tertiary/aromatic N) is 1. The molecule has 0 spiro atoms. The molecule has 1 aromatic rings. The number of hydrogen-bond acceptors (Lipinski definition) is 2. The molecule has 2 bridgehead atoms. The maximum Gasteiger partial charge on any atom is 0.0838 e. The summed E-state index contributed by atoms with van der Waals surface area (Å²) in [7, 11) is 0. The highest BCUT2D eigenvalue weighted by molar-refractivity contribution is 5.23. The SMILES string of the molecule is Cc1ccc(C(O)C2C3C4CCC(C4)C32)cn1. The van der Waals surface area contributed by atoms with Gasteiger partial charge in [-0.1, -0.05) is 6.07 Å². The summed E-state index contributed by atoms with van der Waals surface area (Å²) in [5.41, 5.74) is 2.05. The Kier molecular flexibility index (Phi) is 1.97. The average Bonchev–Trinajstić information content (AvgIpc) is 2.77. The van der Waals surface area contributed by atoms with Gasteiger partial charge in [0.15, 0.2) is 0 Å². The van der Waals surface area contributed by atoms with Crippen molar-refractivity contribution in [3.05, 3.63) is 29.6 Å². The third-order valence-electron chi connectivity index (χ3n) is 5.44. The van der Waals surface area contributed by atoms with Gasteiger partial charge < -0.3 is 5.11 Å². The fraction of sp³-hybridized carbons (Fsp3) is 0.667. The molecule has 0 saturated heterocycles. The van der Waals surface area contributed by atoms with E-state index in [2.05, 4.69) is 4.98 Å². The molecule has 2 nitrogen and oxygen atoms in total. The van der Waals surface area contributed by atoms with E-state index in [4.69, 9.17) is 0 Å². The van der Waals surface area contributed by atoms with E-state index in [0.717, 1.165) is 34.9 Å². The quantitative estimate of drug-likeness (QED) is 0.846. The molecule has 1 aromatic heterocycles. The summed E-state index contributed by atoms with van der Waals surface area (Å²) >= 11 is 0. The van der Waals surface area contributed by atoms with Crippen LogP contribution < -0.4 is 0 Å². The van der Waals surface area contributed by atoms with E-state index < -0.39 is 0 Å². The number of aromatic nitrogens is 1. The number of aryl methyl sites for hydroxylation is 1. The first kappa shape index (κ1) is 10.1. The number of aliphatic hydroxyl groups is 1. The van der Waals surface area contributed by atoms with Gasteiger partial charge in [0, 0.05) is 11.9 Å². The number of rotatable bonds is 2. The van der Waals surface area contributed by atoms with Gasteiger partial charge in [-0.15, -0.1) is 0 Å². The predicted molar refractivity (Wildman–Crippen MR) is 65.2 cm³/mol. The van der Waals surface area contributed by atoms with Crippen LogP contribution in [0, 0.1) is 36.5 Å². The lowest BCUT2D eigenvalue weighted by atomic mass is 9.96. The molecule has 0 radical (unpaired) electrons. The zero-order chi connectivity index (χ0) is 11.6. The molecule has 1 N–H and O–H groups in total. The highest BCUT2D eigenvalue weighted by atomic mass is 16.3. The third-order valence-corrected chi connectivity index (χ3v) is 5.44. The smallest absolute Gasteiger partial charge is 0.0838 e. The Hall–Kier alpha value is -0.890. The molecule has 3 fully saturated rings. The molecule has 5 unspecified atom stereocenters. The van der Waals surface area contributed by atoms with Crippen molar-refractivity contribution in [1.29, 1.82) is 0 Å². The van der Waals surface area contributed by atoms with Crippen molar-refractivity contribution in [3.8, 4) is 0 Å². The summed E-state index contributed by atoms with van der Waals surface area (Å²) in [4.78, 5) is 4.30. The normalized spacial score (nSPS) is 43.5. The van der Waals surface area contributed by atoms with E-state index in [1.807, 2.05) is 25.3 Å². The summed E-state index contributed by atoms with van der Waals surface area (Å²) in [5.74, 6) is 4.09. The van der Waals surface area contributed by atoms with Gasteiger partial charge in [-0.2, -0.15) is 0 Å². The van der Waals surface area contributed by atoms with Crippen LogP contribution >= 0.6 is 0 Å². The minimum atomic E-state index is -0.263. The Labute approximate surface area is 102 Å². The molecule has 90 valence electrons. The van der Waals surface area contributed by atoms with Gasteiger partial charge in [0.05, 0.1) is 6.10 Å². The molecule has 0 amide bonds. The minimum Gasteiger partial charge on any atom is -0.388 e. The fourth-order valence-corrected chi connectivity index (χ4v) is 4.69. The summed E-state index contributed by atoms with van der Waals surface area (Å²) in [6, 6.07) is 4.05. The Bertz CT molecular complexity index is 425. The standard InChI is InChI=1S/C15H19NO/c1-8-2-3-11(7-16-8)15(17)14-12-9-4-5-10(6-9)13(12)14/h2-3,7,9-10,12-15,17H,4-6H2,1H3. The number of aliphatic hydroxyl groups excluding tert-OH is 1. The molecule has 3 aliphatic carbocycles. The van der Waals surface area contributed by atoms with E-state index in [1.54, 1.807) is 0 Å². The summed E-state index contributed by atoms with van der Waals surface area (Å²) in [6.07, 6.45) is 5.88. The molecular weight excluding hydrogens is 210 g/mol. The molecule has 3 saturated carbocycles. The average molecular weight is 229 g/mol. The van der Waals surface area contributed by atoms with E-state index in [1.165, 1.54) is 19.3 Å². The largest absolute Gasteiger partial charge is 0.388 e. The van der Waals surface area contributed by atoms with Crippen LogP contribution in [0.4, 0.5) is 0 Å². The van der Waals surface area contributed by atoms with Gasteiger partial charge in [0.25, 0.3) is 0 Å². The highest BCUT2D eigenvalue weighted by Crippen LogP contribution is 2.72. The third kappa shape index (κ3) is 1.33. The van der Waals surface area contributed by atoms with Crippen molar-refractivity contribution in [2.45, 2.75) is 32.3 Å². The molecule has 4 rings (SSSR count). The van der Waals surface area contributed by atoms with Gasteiger partial charge >= 0.3 is 0 Å².